The molecular weight excluding hydrogens is 276 g/mol. The van der Waals surface area contributed by atoms with Crippen LogP contribution in [0.2, 0.25) is 0 Å². The Morgan fingerprint density at radius 1 is 1.24 bits per heavy atom. The molecule has 116 valence electrons. The Morgan fingerprint density at radius 3 is 2.67 bits per heavy atom. The fourth-order valence-electron chi connectivity index (χ4n) is 3.02. The quantitative estimate of drug-likeness (QED) is 0.771. The summed E-state index contributed by atoms with van der Waals surface area (Å²) in [6, 6.07) is 9.36. The number of aryl methyl sites for hydroxylation is 1. The van der Waals surface area contributed by atoms with Crippen LogP contribution in [0.4, 0.5) is 5.69 Å². The molecule has 1 N–H and O–H groups in total. The molecule has 1 heterocycles. The number of hydrogen-bond acceptors (Lipinski definition) is 1. The van der Waals surface area contributed by atoms with E-state index in [-0.39, 0.29) is 0 Å². The highest BCUT2D eigenvalue weighted by atomic mass is 32.1. The summed E-state index contributed by atoms with van der Waals surface area (Å²) < 4.78 is 0. The first-order valence-corrected chi connectivity index (χ1v) is 8.82. The number of anilines is 1. The van der Waals surface area contributed by atoms with Crippen LogP contribution < -0.4 is 5.32 Å². The lowest BCUT2D eigenvalue weighted by Crippen LogP contribution is -2.45. The van der Waals surface area contributed by atoms with Crippen molar-refractivity contribution in [1.29, 1.82) is 0 Å². The second-order valence-corrected chi connectivity index (χ2v) is 6.37. The lowest BCUT2D eigenvalue weighted by molar-refractivity contribution is 0.239. The summed E-state index contributed by atoms with van der Waals surface area (Å²) in [5, 5.41) is 4.31. The number of rotatable bonds is 5. The summed E-state index contributed by atoms with van der Waals surface area (Å²) in [4.78, 5) is 2.38. The lowest BCUT2D eigenvalue weighted by Gasteiger charge is -2.37. The van der Waals surface area contributed by atoms with E-state index in [4.69, 9.17) is 12.2 Å². The summed E-state index contributed by atoms with van der Waals surface area (Å²) in [7, 11) is 0. The first-order chi connectivity index (χ1) is 10.2. The van der Waals surface area contributed by atoms with E-state index in [2.05, 4.69) is 48.3 Å². The minimum Gasteiger partial charge on any atom is -0.346 e. The lowest BCUT2D eigenvalue weighted by atomic mass is 10.0. The molecule has 0 spiro atoms. The number of benzene rings is 1. The predicted molar refractivity (Wildman–Crippen MR) is 95.9 cm³/mol. The van der Waals surface area contributed by atoms with Gasteiger partial charge in [-0.05, 0) is 68.4 Å². The third-order valence-corrected chi connectivity index (χ3v) is 4.72. The number of likely N-dealkylation sites (tertiary alicyclic amines) is 1. The van der Waals surface area contributed by atoms with Crippen LogP contribution in [0.15, 0.2) is 24.3 Å². The molecule has 2 nitrogen and oxygen atoms in total. The van der Waals surface area contributed by atoms with Gasteiger partial charge in [0, 0.05) is 18.3 Å². The number of nitrogens with one attached hydrogen (secondary N) is 1. The van der Waals surface area contributed by atoms with E-state index in [0.29, 0.717) is 6.04 Å². The molecule has 3 heteroatoms. The molecule has 1 unspecified atom stereocenters. The highest BCUT2D eigenvalue weighted by molar-refractivity contribution is 7.80. The van der Waals surface area contributed by atoms with Crippen LogP contribution >= 0.6 is 12.2 Å². The molecule has 0 aliphatic carbocycles. The van der Waals surface area contributed by atoms with Gasteiger partial charge in [0.1, 0.15) is 0 Å². The van der Waals surface area contributed by atoms with Gasteiger partial charge in [0.2, 0.25) is 0 Å². The van der Waals surface area contributed by atoms with Crippen LogP contribution in [-0.4, -0.2) is 22.6 Å². The van der Waals surface area contributed by atoms with Gasteiger partial charge < -0.3 is 10.2 Å². The summed E-state index contributed by atoms with van der Waals surface area (Å²) in [6.45, 7) is 5.59. The van der Waals surface area contributed by atoms with Crippen LogP contribution in [-0.2, 0) is 6.42 Å². The highest BCUT2D eigenvalue weighted by Crippen LogP contribution is 2.21. The van der Waals surface area contributed by atoms with Gasteiger partial charge in [0.25, 0.3) is 0 Å². The summed E-state index contributed by atoms with van der Waals surface area (Å²) in [5.41, 5.74) is 2.53. The molecule has 1 aliphatic heterocycles. The van der Waals surface area contributed by atoms with Gasteiger partial charge in [-0.3, -0.25) is 0 Å². The van der Waals surface area contributed by atoms with Gasteiger partial charge in [-0.2, -0.15) is 0 Å². The average Bonchev–Trinajstić information content (AvgIpc) is 2.54. The Morgan fingerprint density at radius 2 is 2.00 bits per heavy atom. The zero-order valence-corrected chi connectivity index (χ0v) is 14.2. The first kappa shape index (κ1) is 16.3. The number of nitrogens with zero attached hydrogens (tertiary/aromatic N) is 1. The second kappa shape index (κ2) is 8.38. The molecule has 1 aromatic carbocycles. The Labute approximate surface area is 134 Å². The second-order valence-electron chi connectivity index (χ2n) is 5.98. The molecule has 0 radical (unpaired) electrons. The molecule has 2 rings (SSSR count). The Kier molecular flexibility index (Phi) is 6.50. The Hall–Kier alpha value is -1.09. The van der Waals surface area contributed by atoms with Crippen molar-refractivity contribution in [2.45, 2.75) is 64.8 Å². The van der Waals surface area contributed by atoms with E-state index in [1.807, 2.05) is 0 Å². The van der Waals surface area contributed by atoms with E-state index < -0.39 is 0 Å². The van der Waals surface area contributed by atoms with E-state index in [1.54, 1.807) is 0 Å². The van der Waals surface area contributed by atoms with Gasteiger partial charge in [-0.25, -0.2) is 0 Å². The van der Waals surface area contributed by atoms with Gasteiger partial charge in [-0.15, -0.1) is 0 Å². The number of thiocarbonyl (C=S) groups is 1. The van der Waals surface area contributed by atoms with Crippen LogP contribution in [0.1, 0.15) is 57.9 Å². The fraction of sp³-hybridized carbons (Fsp3) is 0.611. The number of unbranched alkanes of at least 4 members (excludes halogenated alkanes) is 1. The summed E-state index contributed by atoms with van der Waals surface area (Å²) >= 11 is 5.62. The number of hydrogen-bond donors (Lipinski definition) is 1. The molecule has 1 aliphatic rings. The third kappa shape index (κ3) is 4.70. The minimum atomic E-state index is 0.613. The zero-order chi connectivity index (χ0) is 15.1. The van der Waals surface area contributed by atoms with Crippen LogP contribution in [0.25, 0.3) is 0 Å². The maximum atomic E-state index is 5.62. The van der Waals surface area contributed by atoms with E-state index in [1.165, 1.54) is 50.5 Å². The molecule has 1 aromatic rings. The zero-order valence-electron chi connectivity index (χ0n) is 13.4. The van der Waals surface area contributed by atoms with Gasteiger partial charge >= 0.3 is 0 Å². The first-order valence-electron chi connectivity index (χ1n) is 8.41. The van der Waals surface area contributed by atoms with Crippen molar-refractivity contribution in [3.05, 3.63) is 29.8 Å². The van der Waals surface area contributed by atoms with Crippen LogP contribution in [0, 0.1) is 0 Å². The molecule has 1 fully saturated rings. The molecule has 0 amide bonds. The van der Waals surface area contributed by atoms with E-state index in [9.17, 15) is 0 Å². The van der Waals surface area contributed by atoms with Crippen LogP contribution in [0.3, 0.4) is 0 Å². The average molecular weight is 305 g/mol. The predicted octanol–water partition coefficient (Wildman–Crippen LogP) is 4.99. The minimum absolute atomic E-state index is 0.613. The number of piperidine rings is 1. The SMILES string of the molecule is CCCCc1ccc(NC(=S)N2CCCCC2CC)cc1. The normalized spacial score (nSPS) is 18.6. The molecule has 1 atom stereocenters. The van der Waals surface area contributed by atoms with Crippen molar-refractivity contribution < 1.29 is 0 Å². The summed E-state index contributed by atoms with van der Waals surface area (Å²) in [6.07, 6.45) is 8.73. The van der Waals surface area contributed by atoms with Crippen molar-refractivity contribution in [3.63, 3.8) is 0 Å². The van der Waals surface area contributed by atoms with Gasteiger partial charge in [0.05, 0.1) is 0 Å². The standard InChI is InChI=1S/C18H28N2S/c1-3-5-8-15-10-12-16(13-11-15)19-18(21)20-14-7-6-9-17(20)4-2/h10-13,17H,3-9,14H2,1-2H3,(H,19,21). The molecule has 1 saturated heterocycles. The largest absolute Gasteiger partial charge is 0.346 e. The van der Waals surface area contributed by atoms with Crippen molar-refractivity contribution in [3.8, 4) is 0 Å². The van der Waals surface area contributed by atoms with Crippen molar-refractivity contribution >= 4 is 23.0 Å². The molecule has 0 aromatic heterocycles. The van der Waals surface area contributed by atoms with Crippen LogP contribution in [0.5, 0.6) is 0 Å². The van der Waals surface area contributed by atoms with E-state index in [0.717, 1.165) is 17.3 Å². The molecule has 21 heavy (non-hydrogen) atoms. The molecular formula is C18H28N2S. The maximum absolute atomic E-state index is 5.62. The van der Waals surface area contributed by atoms with Gasteiger partial charge in [-0.1, -0.05) is 32.4 Å². The molecule has 0 saturated carbocycles. The monoisotopic (exact) mass is 304 g/mol. The topological polar surface area (TPSA) is 15.3 Å². The smallest absolute Gasteiger partial charge is 0.173 e. The van der Waals surface area contributed by atoms with Gasteiger partial charge in [0.15, 0.2) is 5.11 Å². The highest BCUT2D eigenvalue weighted by Gasteiger charge is 2.22. The maximum Gasteiger partial charge on any atom is 0.173 e. The fourth-order valence-corrected chi connectivity index (χ4v) is 3.38. The van der Waals surface area contributed by atoms with E-state index >= 15 is 0 Å². The Balaban J connectivity index is 1.92. The summed E-state index contributed by atoms with van der Waals surface area (Å²) in [5.74, 6) is 0. The van der Waals surface area contributed by atoms with Crippen molar-refractivity contribution in [2.24, 2.45) is 0 Å². The van der Waals surface area contributed by atoms with Crippen molar-refractivity contribution in [2.75, 3.05) is 11.9 Å². The Bertz CT molecular complexity index is 441. The third-order valence-electron chi connectivity index (χ3n) is 4.38. The van der Waals surface area contributed by atoms with Crippen molar-refractivity contribution in [1.82, 2.24) is 4.90 Å². The molecule has 0 bridgehead atoms.